The molecule has 3 aromatic rings. The summed E-state index contributed by atoms with van der Waals surface area (Å²) in [6.45, 7) is 3.90. The lowest BCUT2D eigenvalue weighted by atomic mass is 10.0. The van der Waals surface area contributed by atoms with Crippen molar-refractivity contribution in [2.75, 3.05) is 6.26 Å². The number of nitrogens with zero attached hydrogens (tertiary/aromatic N) is 3. The maximum Gasteiger partial charge on any atom is 0.148 e. The van der Waals surface area contributed by atoms with Crippen LogP contribution < -0.4 is 9.46 Å². The van der Waals surface area contributed by atoms with Gasteiger partial charge in [0.15, 0.2) is 0 Å². The molecule has 1 heterocycles. The van der Waals surface area contributed by atoms with Crippen molar-refractivity contribution in [1.82, 2.24) is 14.9 Å². The molecular weight excluding hydrogens is 400 g/mol. The van der Waals surface area contributed by atoms with Gasteiger partial charge in [-0.3, -0.25) is 4.72 Å². The van der Waals surface area contributed by atoms with Crippen LogP contribution >= 0.6 is 23.3 Å². The fourth-order valence-electron chi connectivity index (χ4n) is 3.68. The molecule has 1 unspecified atom stereocenters. The van der Waals surface area contributed by atoms with Gasteiger partial charge in [0, 0.05) is 17.2 Å². The van der Waals surface area contributed by atoms with Crippen LogP contribution in [0.4, 0.5) is 0 Å². The first kappa shape index (κ1) is 19.9. The molecular formula is C22H22N4OS2. The van der Waals surface area contributed by atoms with Gasteiger partial charge in [0.2, 0.25) is 0 Å². The monoisotopic (exact) mass is 422 g/mol. The first-order valence-electron chi connectivity index (χ1n) is 9.56. The number of rotatable bonds is 6. The lowest BCUT2D eigenvalue weighted by molar-refractivity contribution is 0.242. The minimum atomic E-state index is 0.0191. The Kier molecular flexibility index (Phi) is 5.86. The van der Waals surface area contributed by atoms with Gasteiger partial charge in [0.25, 0.3) is 0 Å². The molecule has 1 aliphatic rings. The average molecular weight is 423 g/mol. The molecule has 0 aliphatic heterocycles. The third-order valence-electron chi connectivity index (χ3n) is 4.90. The lowest BCUT2D eigenvalue weighted by Crippen LogP contribution is -2.09. The number of hydrogen-bond donors (Lipinski definition) is 1. The first-order valence-corrected chi connectivity index (χ1v) is 11.6. The molecule has 7 heteroatoms. The second kappa shape index (κ2) is 8.54. The van der Waals surface area contributed by atoms with E-state index in [2.05, 4.69) is 45.4 Å². The highest BCUT2D eigenvalue weighted by Gasteiger charge is 2.25. The summed E-state index contributed by atoms with van der Waals surface area (Å²) in [4.78, 5) is 0. The van der Waals surface area contributed by atoms with E-state index >= 15 is 0 Å². The fraction of sp³-hybridized carbons (Fsp3) is 0.318. The predicted octanol–water partition coefficient (Wildman–Crippen LogP) is 5.39. The van der Waals surface area contributed by atoms with E-state index in [1.807, 2.05) is 32.0 Å². The SMILES string of the molecule is CSNC1CCc2c(-c3nnc(-c4ccc(OC(C)C)c(C#N)c4)s3)cccc21. The van der Waals surface area contributed by atoms with Crippen molar-refractivity contribution in [3.63, 3.8) is 0 Å². The van der Waals surface area contributed by atoms with E-state index in [4.69, 9.17) is 4.74 Å². The fourth-order valence-corrected chi connectivity index (χ4v) is 5.10. The maximum absolute atomic E-state index is 9.49. The van der Waals surface area contributed by atoms with E-state index in [1.54, 1.807) is 23.3 Å². The highest BCUT2D eigenvalue weighted by Crippen LogP contribution is 2.40. The smallest absolute Gasteiger partial charge is 0.148 e. The molecule has 1 atom stereocenters. The van der Waals surface area contributed by atoms with Gasteiger partial charge >= 0.3 is 0 Å². The topological polar surface area (TPSA) is 70.8 Å². The number of fused-ring (bicyclic) bond motifs is 1. The molecule has 0 amide bonds. The van der Waals surface area contributed by atoms with Crippen LogP contribution in [0.3, 0.4) is 0 Å². The number of benzene rings is 2. The van der Waals surface area contributed by atoms with Gasteiger partial charge in [0.1, 0.15) is 21.8 Å². The van der Waals surface area contributed by atoms with E-state index in [9.17, 15) is 5.26 Å². The summed E-state index contributed by atoms with van der Waals surface area (Å²) in [5.74, 6) is 0.601. The largest absolute Gasteiger partial charge is 0.490 e. The quantitative estimate of drug-likeness (QED) is 0.537. The second-order valence-electron chi connectivity index (χ2n) is 7.19. The molecule has 0 bridgehead atoms. The summed E-state index contributed by atoms with van der Waals surface area (Å²) < 4.78 is 9.20. The van der Waals surface area contributed by atoms with Gasteiger partial charge in [-0.05, 0) is 62.3 Å². The van der Waals surface area contributed by atoms with E-state index in [-0.39, 0.29) is 6.10 Å². The molecule has 148 valence electrons. The molecule has 0 saturated heterocycles. The van der Waals surface area contributed by atoms with Crippen LogP contribution in [0.1, 0.15) is 43.0 Å². The van der Waals surface area contributed by atoms with Crippen LogP contribution in [0, 0.1) is 11.3 Å². The van der Waals surface area contributed by atoms with E-state index in [0.717, 1.165) is 34.0 Å². The minimum Gasteiger partial charge on any atom is -0.490 e. The van der Waals surface area contributed by atoms with Crippen molar-refractivity contribution in [3.8, 4) is 33.0 Å². The van der Waals surface area contributed by atoms with Gasteiger partial charge in [-0.25, -0.2) is 0 Å². The van der Waals surface area contributed by atoms with E-state index in [0.29, 0.717) is 17.4 Å². The van der Waals surface area contributed by atoms with Crippen LogP contribution in [0.5, 0.6) is 5.75 Å². The third-order valence-corrected chi connectivity index (χ3v) is 6.42. The van der Waals surface area contributed by atoms with Crippen LogP contribution in [-0.4, -0.2) is 22.6 Å². The Hall–Kier alpha value is -2.40. The van der Waals surface area contributed by atoms with Gasteiger partial charge in [-0.15, -0.1) is 10.2 Å². The van der Waals surface area contributed by atoms with Crippen molar-refractivity contribution in [2.45, 2.75) is 38.8 Å². The Balaban J connectivity index is 1.66. The van der Waals surface area contributed by atoms with Gasteiger partial charge < -0.3 is 4.74 Å². The highest BCUT2D eigenvalue weighted by atomic mass is 32.2. The van der Waals surface area contributed by atoms with Crippen molar-refractivity contribution < 1.29 is 4.74 Å². The maximum atomic E-state index is 9.49. The Morgan fingerprint density at radius 1 is 1.24 bits per heavy atom. The van der Waals surface area contributed by atoms with Crippen LogP contribution in [0.15, 0.2) is 36.4 Å². The predicted molar refractivity (Wildman–Crippen MR) is 119 cm³/mol. The van der Waals surface area contributed by atoms with Crippen LogP contribution in [0.25, 0.3) is 21.1 Å². The van der Waals surface area contributed by atoms with Crippen molar-refractivity contribution in [3.05, 3.63) is 53.1 Å². The summed E-state index contributed by atoms with van der Waals surface area (Å²) in [5, 5.41) is 20.1. The number of nitriles is 1. The summed E-state index contributed by atoms with van der Waals surface area (Å²) >= 11 is 3.22. The van der Waals surface area contributed by atoms with Crippen molar-refractivity contribution in [1.29, 1.82) is 5.26 Å². The molecule has 0 saturated carbocycles. The Morgan fingerprint density at radius 2 is 2.07 bits per heavy atom. The molecule has 1 aliphatic carbocycles. The van der Waals surface area contributed by atoms with Crippen molar-refractivity contribution >= 4 is 23.3 Å². The number of hydrogen-bond acceptors (Lipinski definition) is 7. The number of aromatic nitrogens is 2. The zero-order valence-corrected chi connectivity index (χ0v) is 18.2. The zero-order valence-electron chi connectivity index (χ0n) is 16.6. The molecule has 5 nitrogen and oxygen atoms in total. The van der Waals surface area contributed by atoms with Gasteiger partial charge in [0.05, 0.1) is 11.7 Å². The molecule has 1 aromatic heterocycles. The van der Waals surface area contributed by atoms with E-state index in [1.165, 1.54) is 11.1 Å². The zero-order chi connectivity index (χ0) is 20.4. The summed E-state index contributed by atoms with van der Waals surface area (Å²) in [6.07, 6.45) is 4.22. The van der Waals surface area contributed by atoms with Gasteiger partial charge in [-0.2, -0.15) is 5.26 Å². The molecule has 4 rings (SSSR count). The number of ether oxygens (including phenoxy) is 1. The van der Waals surface area contributed by atoms with Crippen LogP contribution in [-0.2, 0) is 6.42 Å². The minimum absolute atomic E-state index is 0.0191. The number of nitrogens with one attached hydrogen (secondary N) is 1. The molecule has 0 radical (unpaired) electrons. The normalized spacial score (nSPS) is 15.3. The Bertz CT molecular complexity index is 1070. The summed E-state index contributed by atoms with van der Waals surface area (Å²) in [6, 6.07) is 14.7. The Morgan fingerprint density at radius 3 is 2.83 bits per heavy atom. The van der Waals surface area contributed by atoms with Crippen LogP contribution in [0.2, 0.25) is 0 Å². The molecule has 0 spiro atoms. The third kappa shape index (κ3) is 4.01. The summed E-state index contributed by atoms with van der Waals surface area (Å²) in [7, 11) is 0. The summed E-state index contributed by atoms with van der Waals surface area (Å²) in [5.41, 5.74) is 5.28. The standard InChI is InChI=1S/C22H22N4OS2/c1-13(2)27-20-10-7-14(11-15(20)12-23)21-24-25-22(29-21)18-6-4-5-17-16(18)8-9-19(17)26-28-3/h4-7,10-11,13,19,26H,8-9H2,1-3H3. The van der Waals surface area contributed by atoms with Gasteiger partial charge in [-0.1, -0.05) is 41.5 Å². The highest BCUT2D eigenvalue weighted by molar-refractivity contribution is 7.96. The first-order chi connectivity index (χ1) is 14.1. The molecule has 1 N–H and O–H groups in total. The van der Waals surface area contributed by atoms with Crippen molar-refractivity contribution in [2.24, 2.45) is 0 Å². The average Bonchev–Trinajstić information content (AvgIpc) is 3.36. The second-order valence-corrected chi connectivity index (χ2v) is 8.81. The molecule has 29 heavy (non-hydrogen) atoms. The molecule has 2 aromatic carbocycles. The van der Waals surface area contributed by atoms with E-state index < -0.39 is 0 Å². The Labute approximate surface area is 179 Å². The lowest BCUT2D eigenvalue weighted by Gasteiger charge is -2.12. The molecule has 0 fully saturated rings.